The second kappa shape index (κ2) is 9.97. The summed E-state index contributed by atoms with van der Waals surface area (Å²) in [4.78, 5) is 16.9. The van der Waals surface area contributed by atoms with E-state index in [2.05, 4.69) is 32.4 Å². The summed E-state index contributed by atoms with van der Waals surface area (Å²) in [6, 6.07) is 16.9. The van der Waals surface area contributed by atoms with E-state index in [0.29, 0.717) is 16.5 Å². The molecule has 7 nitrogen and oxygen atoms in total. The van der Waals surface area contributed by atoms with Crippen LogP contribution in [0, 0.1) is 6.92 Å². The number of rotatable bonds is 6. The van der Waals surface area contributed by atoms with Crippen molar-refractivity contribution in [1.82, 2.24) is 15.1 Å². The van der Waals surface area contributed by atoms with E-state index in [1.54, 1.807) is 12.1 Å². The molecular weight excluding hydrogens is 426 g/mol. The fraction of sp³-hybridized carbons (Fsp3) is 0.292. The number of carbonyl (C=O) groups excluding carboxylic acids is 1. The van der Waals surface area contributed by atoms with Crippen molar-refractivity contribution in [2.75, 3.05) is 50.1 Å². The number of piperazine rings is 1. The summed E-state index contributed by atoms with van der Waals surface area (Å²) < 4.78 is 5.57. The van der Waals surface area contributed by atoms with Crippen LogP contribution in [0.3, 0.4) is 0 Å². The second-order valence-corrected chi connectivity index (χ2v) is 8.33. The van der Waals surface area contributed by atoms with Crippen molar-refractivity contribution in [3.8, 4) is 17.0 Å². The van der Waals surface area contributed by atoms with Gasteiger partial charge in [-0.1, -0.05) is 29.8 Å². The van der Waals surface area contributed by atoms with Crippen LogP contribution in [0.25, 0.3) is 11.3 Å². The van der Waals surface area contributed by atoms with Gasteiger partial charge in [-0.15, -0.1) is 10.2 Å². The lowest BCUT2D eigenvalue weighted by molar-refractivity contribution is -0.118. The molecule has 1 aliphatic rings. The van der Waals surface area contributed by atoms with Gasteiger partial charge in [0.15, 0.2) is 12.4 Å². The van der Waals surface area contributed by atoms with Gasteiger partial charge in [-0.2, -0.15) is 0 Å². The van der Waals surface area contributed by atoms with Gasteiger partial charge in [0.05, 0.1) is 10.7 Å². The Morgan fingerprint density at radius 3 is 2.62 bits per heavy atom. The van der Waals surface area contributed by atoms with E-state index in [4.69, 9.17) is 16.3 Å². The van der Waals surface area contributed by atoms with Crippen LogP contribution in [0.2, 0.25) is 5.02 Å². The topological polar surface area (TPSA) is 70.6 Å². The molecule has 1 aromatic heterocycles. The van der Waals surface area contributed by atoms with Gasteiger partial charge in [0.1, 0.15) is 5.75 Å². The fourth-order valence-electron chi connectivity index (χ4n) is 3.50. The maximum atomic E-state index is 12.4. The molecule has 1 amide bonds. The van der Waals surface area contributed by atoms with Gasteiger partial charge >= 0.3 is 0 Å². The Labute approximate surface area is 193 Å². The molecule has 0 aliphatic carbocycles. The predicted molar refractivity (Wildman–Crippen MR) is 127 cm³/mol. The third-order valence-corrected chi connectivity index (χ3v) is 5.68. The molecule has 0 unspecified atom stereocenters. The van der Waals surface area contributed by atoms with Crippen molar-refractivity contribution >= 4 is 29.0 Å². The van der Waals surface area contributed by atoms with Gasteiger partial charge in [-0.25, -0.2) is 0 Å². The Hall–Kier alpha value is -3.16. The number of amides is 1. The first kappa shape index (κ1) is 22.0. The summed E-state index contributed by atoms with van der Waals surface area (Å²) in [5.41, 5.74) is 3.30. The third-order valence-electron chi connectivity index (χ3n) is 5.37. The van der Waals surface area contributed by atoms with E-state index in [9.17, 15) is 4.79 Å². The van der Waals surface area contributed by atoms with E-state index < -0.39 is 0 Å². The van der Waals surface area contributed by atoms with Gasteiger partial charge in [-0.05, 0) is 55.9 Å². The highest BCUT2D eigenvalue weighted by Crippen LogP contribution is 2.25. The number of nitrogens with zero attached hydrogens (tertiary/aromatic N) is 4. The van der Waals surface area contributed by atoms with Gasteiger partial charge < -0.3 is 19.9 Å². The first-order valence-corrected chi connectivity index (χ1v) is 10.9. The highest BCUT2D eigenvalue weighted by atomic mass is 35.5. The molecule has 0 radical (unpaired) electrons. The number of hydrogen-bond acceptors (Lipinski definition) is 6. The molecular formula is C24H26ClN5O2. The number of likely N-dealkylation sites (N-methyl/N-ethyl adjacent to an activating group) is 1. The van der Waals surface area contributed by atoms with Crippen LogP contribution in [0.1, 0.15) is 5.56 Å². The number of carbonyl (C=O) groups is 1. The minimum Gasteiger partial charge on any atom is -0.482 e. The number of anilines is 2. The van der Waals surface area contributed by atoms with E-state index in [0.717, 1.165) is 48.8 Å². The molecule has 0 spiro atoms. The Balaban J connectivity index is 1.37. The monoisotopic (exact) mass is 451 g/mol. The van der Waals surface area contributed by atoms with Gasteiger partial charge in [0, 0.05) is 37.4 Å². The van der Waals surface area contributed by atoms with Gasteiger partial charge in [0.2, 0.25) is 0 Å². The zero-order valence-electron chi connectivity index (χ0n) is 18.2. The lowest BCUT2D eigenvalue weighted by Gasteiger charge is -2.32. The Morgan fingerprint density at radius 1 is 1.06 bits per heavy atom. The quantitative estimate of drug-likeness (QED) is 0.613. The average molecular weight is 452 g/mol. The Kier molecular flexibility index (Phi) is 6.87. The number of halogens is 1. The maximum Gasteiger partial charge on any atom is 0.262 e. The molecule has 8 heteroatoms. The van der Waals surface area contributed by atoms with Gasteiger partial charge in [-0.3, -0.25) is 4.79 Å². The number of aryl methyl sites for hydroxylation is 1. The molecule has 4 rings (SSSR count). The van der Waals surface area contributed by atoms with Crippen LogP contribution in [0.15, 0.2) is 54.6 Å². The van der Waals surface area contributed by atoms with E-state index in [1.807, 2.05) is 49.4 Å². The van der Waals surface area contributed by atoms with Crippen molar-refractivity contribution in [1.29, 1.82) is 0 Å². The van der Waals surface area contributed by atoms with Crippen LogP contribution in [0.4, 0.5) is 11.5 Å². The number of ether oxygens (including phenoxy) is 1. The molecule has 2 aromatic carbocycles. The largest absolute Gasteiger partial charge is 0.482 e. The molecule has 0 atom stereocenters. The van der Waals surface area contributed by atoms with E-state index in [1.165, 1.54) is 0 Å². The summed E-state index contributed by atoms with van der Waals surface area (Å²) in [6.07, 6.45) is 0. The zero-order valence-corrected chi connectivity index (χ0v) is 19.0. The second-order valence-electron chi connectivity index (χ2n) is 7.92. The van der Waals surface area contributed by atoms with Crippen molar-refractivity contribution in [2.45, 2.75) is 6.92 Å². The minimum absolute atomic E-state index is 0.132. The number of nitrogens with one attached hydrogen (secondary N) is 1. The Bertz CT molecular complexity index is 1080. The van der Waals surface area contributed by atoms with Crippen LogP contribution in [-0.2, 0) is 4.79 Å². The van der Waals surface area contributed by atoms with Crippen molar-refractivity contribution in [2.24, 2.45) is 0 Å². The van der Waals surface area contributed by atoms with Crippen LogP contribution in [0.5, 0.6) is 5.75 Å². The number of benzene rings is 2. The molecule has 0 saturated carbocycles. The normalized spacial score (nSPS) is 14.3. The summed E-state index contributed by atoms with van der Waals surface area (Å²) in [5.74, 6) is 1.11. The van der Waals surface area contributed by atoms with E-state index in [-0.39, 0.29) is 12.5 Å². The molecule has 1 aliphatic heterocycles. The summed E-state index contributed by atoms with van der Waals surface area (Å²) in [7, 11) is 2.13. The summed E-state index contributed by atoms with van der Waals surface area (Å²) in [5, 5.41) is 12.1. The highest BCUT2D eigenvalue weighted by molar-refractivity contribution is 6.32. The summed E-state index contributed by atoms with van der Waals surface area (Å²) >= 11 is 6.12. The van der Waals surface area contributed by atoms with Gasteiger partial charge in [0.25, 0.3) is 5.91 Å². The molecule has 1 saturated heterocycles. The molecule has 0 bridgehead atoms. The lowest BCUT2D eigenvalue weighted by atomic mass is 10.1. The van der Waals surface area contributed by atoms with Crippen LogP contribution < -0.4 is 15.0 Å². The zero-order chi connectivity index (χ0) is 22.5. The maximum absolute atomic E-state index is 12.4. The average Bonchev–Trinajstić information content (AvgIpc) is 2.80. The number of aromatic nitrogens is 2. The van der Waals surface area contributed by atoms with Crippen molar-refractivity contribution < 1.29 is 9.53 Å². The van der Waals surface area contributed by atoms with Crippen LogP contribution >= 0.6 is 11.6 Å². The first-order chi connectivity index (χ1) is 15.5. The number of hydrogen-bond donors (Lipinski definition) is 1. The Morgan fingerprint density at radius 2 is 1.88 bits per heavy atom. The van der Waals surface area contributed by atoms with E-state index >= 15 is 0 Å². The first-order valence-electron chi connectivity index (χ1n) is 10.5. The molecule has 166 valence electrons. The molecule has 3 aromatic rings. The minimum atomic E-state index is -0.267. The standard InChI is InChI=1S/C24H26ClN5O2/c1-17-6-7-20(25)22(14-17)32-16-24(31)26-19-5-3-4-18(15-19)21-8-9-23(28-27-21)30-12-10-29(2)11-13-30/h3-9,14-15H,10-13,16H2,1-2H3,(H,26,31). The lowest BCUT2D eigenvalue weighted by Crippen LogP contribution is -2.44. The predicted octanol–water partition coefficient (Wildman–Crippen LogP) is 3.87. The molecule has 2 heterocycles. The van der Waals surface area contributed by atoms with Crippen molar-refractivity contribution in [3.63, 3.8) is 0 Å². The van der Waals surface area contributed by atoms with Crippen molar-refractivity contribution in [3.05, 3.63) is 65.2 Å². The molecule has 32 heavy (non-hydrogen) atoms. The molecule has 1 fully saturated rings. The highest BCUT2D eigenvalue weighted by Gasteiger charge is 2.16. The van der Waals surface area contributed by atoms with Crippen LogP contribution in [-0.4, -0.2) is 60.8 Å². The summed E-state index contributed by atoms with van der Waals surface area (Å²) in [6.45, 7) is 5.74. The molecule has 1 N–H and O–H groups in total. The SMILES string of the molecule is Cc1ccc(Cl)c(OCC(=O)Nc2cccc(-c3ccc(N4CCN(C)CC4)nn3)c2)c1. The third kappa shape index (κ3) is 5.55. The smallest absolute Gasteiger partial charge is 0.262 e. The fourth-order valence-corrected chi connectivity index (χ4v) is 3.67.